The molecule has 29 heavy (non-hydrogen) atoms. The van der Waals surface area contributed by atoms with E-state index in [9.17, 15) is 0 Å². The van der Waals surface area contributed by atoms with Gasteiger partial charge in [0.1, 0.15) is 5.75 Å². The minimum absolute atomic E-state index is 0.114. The van der Waals surface area contributed by atoms with Crippen molar-refractivity contribution in [2.45, 2.75) is 10.1 Å². The van der Waals surface area contributed by atoms with Crippen LogP contribution in [-0.2, 0) is 0 Å². The molecule has 1 aliphatic heterocycles. The van der Waals surface area contributed by atoms with Gasteiger partial charge in [-0.25, -0.2) is 0 Å². The number of nitrogens with one attached hydrogen (secondary N) is 1. The van der Waals surface area contributed by atoms with Gasteiger partial charge in [0.2, 0.25) is 0 Å². The van der Waals surface area contributed by atoms with Crippen LogP contribution in [0, 0.1) is 0 Å². The highest BCUT2D eigenvalue weighted by Crippen LogP contribution is 2.46. The van der Waals surface area contributed by atoms with Gasteiger partial charge in [-0.15, -0.1) is 11.8 Å². The third-order valence-electron chi connectivity index (χ3n) is 4.87. The van der Waals surface area contributed by atoms with Gasteiger partial charge >= 0.3 is 0 Å². The zero-order valence-electron chi connectivity index (χ0n) is 16.6. The van der Waals surface area contributed by atoms with Crippen molar-refractivity contribution in [1.29, 1.82) is 0 Å². The smallest absolute Gasteiger partial charge is 0.161 e. The van der Waals surface area contributed by atoms with Crippen LogP contribution < -0.4 is 19.5 Å². The molecule has 0 saturated heterocycles. The minimum atomic E-state index is 0.114. The molecule has 0 radical (unpaired) electrons. The average molecular weight is 406 g/mol. The quantitative estimate of drug-likeness (QED) is 0.563. The number of hydrogen-bond donors (Lipinski definition) is 1. The minimum Gasteiger partial charge on any atom is -0.497 e. The lowest BCUT2D eigenvalue weighted by molar-refractivity contribution is 0.354. The van der Waals surface area contributed by atoms with Crippen molar-refractivity contribution >= 4 is 23.1 Å². The predicted octanol–water partition coefficient (Wildman–Crippen LogP) is 6.01. The van der Waals surface area contributed by atoms with E-state index in [1.54, 1.807) is 21.3 Å². The van der Waals surface area contributed by atoms with Gasteiger partial charge < -0.3 is 19.5 Å². The van der Waals surface area contributed by atoms with E-state index in [2.05, 4.69) is 53.9 Å². The molecule has 3 aromatic carbocycles. The topological polar surface area (TPSA) is 39.7 Å². The number of para-hydroxylation sites is 1. The number of ether oxygens (including phenoxy) is 3. The molecule has 0 fully saturated rings. The number of fused-ring (bicyclic) bond motifs is 1. The van der Waals surface area contributed by atoms with Crippen molar-refractivity contribution in [2.75, 3.05) is 26.6 Å². The number of hydrogen-bond acceptors (Lipinski definition) is 5. The zero-order valence-corrected chi connectivity index (χ0v) is 17.5. The van der Waals surface area contributed by atoms with Gasteiger partial charge in [-0.05, 0) is 65.7 Å². The lowest BCUT2D eigenvalue weighted by Gasteiger charge is -2.15. The third kappa shape index (κ3) is 4.05. The third-order valence-corrected chi connectivity index (χ3v) is 6.14. The maximum Gasteiger partial charge on any atom is 0.161 e. The molecule has 148 valence electrons. The van der Waals surface area contributed by atoms with E-state index < -0.39 is 0 Å². The Morgan fingerprint density at radius 2 is 1.55 bits per heavy atom. The van der Waals surface area contributed by atoms with Gasteiger partial charge in [-0.3, -0.25) is 0 Å². The Morgan fingerprint density at radius 1 is 0.793 bits per heavy atom. The molecule has 4 nitrogen and oxygen atoms in total. The van der Waals surface area contributed by atoms with Crippen molar-refractivity contribution in [2.24, 2.45) is 0 Å². The molecular weight excluding hydrogens is 382 g/mol. The summed E-state index contributed by atoms with van der Waals surface area (Å²) in [6, 6.07) is 22.6. The van der Waals surface area contributed by atoms with E-state index in [0.29, 0.717) is 0 Å². The largest absolute Gasteiger partial charge is 0.497 e. The highest BCUT2D eigenvalue weighted by Gasteiger charge is 2.21. The molecule has 5 heteroatoms. The van der Waals surface area contributed by atoms with Crippen LogP contribution in [0.4, 0.5) is 5.69 Å². The van der Waals surface area contributed by atoms with Crippen LogP contribution in [0.25, 0.3) is 5.70 Å². The molecule has 1 heterocycles. The Labute approximate surface area is 175 Å². The van der Waals surface area contributed by atoms with E-state index in [-0.39, 0.29) is 5.25 Å². The highest BCUT2D eigenvalue weighted by atomic mass is 32.2. The fourth-order valence-electron chi connectivity index (χ4n) is 3.31. The van der Waals surface area contributed by atoms with E-state index >= 15 is 0 Å². The Bertz CT molecular complexity index is 1030. The van der Waals surface area contributed by atoms with Crippen LogP contribution in [0.5, 0.6) is 17.2 Å². The van der Waals surface area contributed by atoms with Crippen LogP contribution in [0.3, 0.4) is 0 Å². The summed E-state index contributed by atoms with van der Waals surface area (Å²) in [6.45, 7) is 0. The molecule has 0 bridgehead atoms. The van der Waals surface area contributed by atoms with Crippen LogP contribution >= 0.6 is 11.8 Å². The van der Waals surface area contributed by atoms with Crippen molar-refractivity contribution in [3.05, 3.63) is 83.9 Å². The molecule has 0 saturated carbocycles. The maximum atomic E-state index is 5.52. The summed E-state index contributed by atoms with van der Waals surface area (Å²) in [4.78, 5) is 1.20. The Balaban J connectivity index is 1.78. The van der Waals surface area contributed by atoms with Crippen molar-refractivity contribution in [1.82, 2.24) is 0 Å². The van der Waals surface area contributed by atoms with Gasteiger partial charge in [0.05, 0.1) is 32.3 Å². The first kappa shape index (κ1) is 19.3. The summed E-state index contributed by atoms with van der Waals surface area (Å²) >= 11 is 1.81. The Kier molecular flexibility index (Phi) is 5.67. The first-order chi connectivity index (χ1) is 14.2. The summed E-state index contributed by atoms with van der Waals surface area (Å²) in [5, 5.41) is 3.72. The fourth-order valence-corrected chi connectivity index (χ4v) is 4.48. The number of benzene rings is 3. The van der Waals surface area contributed by atoms with Crippen molar-refractivity contribution in [3.8, 4) is 17.2 Å². The second kappa shape index (κ2) is 8.53. The molecule has 1 unspecified atom stereocenters. The summed E-state index contributed by atoms with van der Waals surface area (Å²) in [6.07, 6.45) is 2.26. The second-order valence-electron chi connectivity index (χ2n) is 6.58. The molecule has 0 amide bonds. The van der Waals surface area contributed by atoms with Gasteiger partial charge in [0.15, 0.2) is 11.5 Å². The Morgan fingerprint density at radius 3 is 2.28 bits per heavy atom. The normalized spacial score (nSPS) is 15.4. The second-order valence-corrected chi connectivity index (χ2v) is 7.77. The van der Waals surface area contributed by atoms with E-state index in [4.69, 9.17) is 14.2 Å². The summed E-state index contributed by atoms with van der Waals surface area (Å²) in [7, 11) is 5.00. The fraction of sp³-hybridized carbons (Fsp3) is 0.167. The average Bonchev–Trinajstić information content (AvgIpc) is 2.98. The summed E-state index contributed by atoms with van der Waals surface area (Å²) < 4.78 is 16.2. The molecule has 3 aromatic rings. The summed E-state index contributed by atoms with van der Waals surface area (Å²) in [5.74, 6) is 2.30. The maximum absolute atomic E-state index is 5.52. The number of methoxy groups -OCH3 is 3. The Hall–Kier alpha value is -3.05. The monoisotopic (exact) mass is 405 g/mol. The molecule has 1 N–H and O–H groups in total. The first-order valence-corrected chi connectivity index (χ1v) is 10.2. The van der Waals surface area contributed by atoms with E-state index in [0.717, 1.165) is 39.8 Å². The van der Waals surface area contributed by atoms with Crippen LogP contribution in [0.15, 0.2) is 77.7 Å². The zero-order chi connectivity index (χ0) is 20.2. The number of rotatable bonds is 5. The van der Waals surface area contributed by atoms with Gasteiger partial charge in [0.25, 0.3) is 0 Å². The van der Waals surface area contributed by atoms with Crippen LogP contribution in [-0.4, -0.2) is 21.3 Å². The predicted molar refractivity (Wildman–Crippen MR) is 119 cm³/mol. The molecule has 1 aliphatic rings. The molecule has 1 atom stereocenters. The molecule has 4 rings (SSSR count). The van der Waals surface area contributed by atoms with Crippen molar-refractivity contribution < 1.29 is 14.2 Å². The van der Waals surface area contributed by atoms with Gasteiger partial charge in [-0.2, -0.15) is 0 Å². The molecular formula is C24H23NO3S. The van der Waals surface area contributed by atoms with Gasteiger partial charge in [0, 0.05) is 10.6 Å². The van der Waals surface area contributed by atoms with Crippen molar-refractivity contribution in [3.63, 3.8) is 0 Å². The number of thioether (sulfide) groups is 1. The summed E-state index contributed by atoms with van der Waals surface area (Å²) in [5.41, 5.74) is 4.41. The van der Waals surface area contributed by atoms with Crippen LogP contribution in [0.2, 0.25) is 0 Å². The molecule has 0 aliphatic carbocycles. The standard InChI is InChI=1S/C24H23NO3S/c1-26-18-11-8-16(9-12-18)20-15-24(29-23-7-5-4-6-19(23)25-20)17-10-13-21(27-2)22(14-17)28-3/h4-15,24-25H,1-3H3. The van der Waals surface area contributed by atoms with Crippen LogP contribution in [0.1, 0.15) is 16.4 Å². The van der Waals surface area contributed by atoms with Gasteiger partial charge in [-0.1, -0.05) is 18.2 Å². The molecule has 0 aromatic heterocycles. The van der Waals surface area contributed by atoms with E-state index in [1.165, 1.54) is 4.90 Å². The lowest BCUT2D eigenvalue weighted by atomic mass is 10.1. The highest BCUT2D eigenvalue weighted by molar-refractivity contribution is 7.99. The molecule has 0 spiro atoms. The SMILES string of the molecule is COc1ccc(C2=CC(c3ccc(OC)c(OC)c3)Sc3ccccc3N2)cc1. The lowest BCUT2D eigenvalue weighted by Crippen LogP contribution is -2.00. The first-order valence-electron chi connectivity index (χ1n) is 9.32. The number of anilines is 1. The van der Waals surface area contributed by atoms with E-state index in [1.807, 2.05) is 36.0 Å².